The van der Waals surface area contributed by atoms with Crippen LogP contribution in [0.3, 0.4) is 0 Å². The minimum absolute atomic E-state index is 0.112. The van der Waals surface area contributed by atoms with Crippen LogP contribution in [-0.2, 0) is 24.8 Å². The Hall–Kier alpha value is -1.77. The van der Waals surface area contributed by atoms with Gasteiger partial charge in [0.05, 0.1) is 11.9 Å². The van der Waals surface area contributed by atoms with E-state index in [0.29, 0.717) is 5.13 Å². The van der Waals surface area contributed by atoms with Crippen LogP contribution >= 0.6 is 11.3 Å². The summed E-state index contributed by atoms with van der Waals surface area (Å²) in [5, 5.41) is 10.8. The van der Waals surface area contributed by atoms with Gasteiger partial charge < -0.3 is 10.6 Å². The van der Waals surface area contributed by atoms with Gasteiger partial charge in [0.15, 0.2) is 5.13 Å². The second-order valence-corrected chi connectivity index (χ2v) is 6.75. The first-order chi connectivity index (χ1) is 11.1. The summed E-state index contributed by atoms with van der Waals surface area (Å²) >= 11 is 1.58. The lowest BCUT2D eigenvalue weighted by Gasteiger charge is -2.23. The summed E-state index contributed by atoms with van der Waals surface area (Å²) < 4.78 is 1.69. The highest BCUT2D eigenvalue weighted by molar-refractivity contribution is 7.15. The van der Waals surface area contributed by atoms with Gasteiger partial charge in [0.1, 0.15) is 6.04 Å². The van der Waals surface area contributed by atoms with Gasteiger partial charge in [0.2, 0.25) is 5.91 Å². The van der Waals surface area contributed by atoms with E-state index in [1.54, 1.807) is 29.3 Å². The number of nitrogens with zero attached hydrogens (tertiary/aromatic N) is 4. The van der Waals surface area contributed by atoms with Crippen LogP contribution in [0.1, 0.15) is 29.1 Å². The molecule has 0 radical (unpaired) electrons. The second-order valence-electron chi connectivity index (χ2n) is 5.67. The maximum Gasteiger partial charge on any atom is 0.247 e. The number of amides is 1. The molecule has 0 aromatic carbocycles. The van der Waals surface area contributed by atoms with E-state index in [4.69, 9.17) is 0 Å². The fraction of sp³-hybridized carbons (Fsp3) is 0.533. The highest BCUT2D eigenvalue weighted by atomic mass is 32.1. The molecule has 0 aliphatic carbocycles. The normalized spacial score (nSPS) is 16.1. The minimum atomic E-state index is -0.434. The van der Waals surface area contributed by atoms with Gasteiger partial charge in [-0.2, -0.15) is 5.10 Å². The van der Waals surface area contributed by atoms with Gasteiger partial charge in [-0.25, -0.2) is 4.98 Å². The third-order valence-corrected chi connectivity index (χ3v) is 5.09. The lowest BCUT2D eigenvalue weighted by atomic mass is 10.1. The molecule has 3 rings (SSSR count). The predicted octanol–water partition coefficient (Wildman–Crippen LogP) is 1.15. The molecule has 0 bridgehead atoms. The Morgan fingerprint density at radius 2 is 2.35 bits per heavy atom. The molecule has 1 unspecified atom stereocenters. The molecule has 1 amide bonds. The molecule has 0 saturated heterocycles. The Morgan fingerprint density at radius 1 is 1.52 bits per heavy atom. The maximum absolute atomic E-state index is 12.5. The first-order valence-electron chi connectivity index (χ1n) is 7.78. The summed E-state index contributed by atoms with van der Waals surface area (Å²) in [5.74, 6) is -0.112. The predicted molar refractivity (Wildman–Crippen MR) is 90.4 cm³/mol. The smallest absolute Gasteiger partial charge is 0.247 e. The summed E-state index contributed by atoms with van der Waals surface area (Å²) in [6, 6.07) is -0.434. The molecule has 3 heterocycles. The monoisotopic (exact) mass is 334 g/mol. The Balaban J connectivity index is 1.71. The van der Waals surface area contributed by atoms with Gasteiger partial charge in [-0.15, -0.1) is 11.3 Å². The van der Waals surface area contributed by atoms with Crippen molar-refractivity contribution < 1.29 is 4.79 Å². The van der Waals surface area contributed by atoms with Gasteiger partial charge in [0, 0.05) is 43.2 Å². The zero-order valence-corrected chi connectivity index (χ0v) is 14.5. The second kappa shape index (κ2) is 6.77. The summed E-state index contributed by atoms with van der Waals surface area (Å²) in [4.78, 5) is 20.8. The maximum atomic E-state index is 12.5. The molecule has 124 valence electrons. The van der Waals surface area contributed by atoms with E-state index in [-0.39, 0.29) is 5.91 Å². The number of thiazole rings is 1. The number of hydrogen-bond donors (Lipinski definition) is 2. The van der Waals surface area contributed by atoms with Crippen molar-refractivity contribution in [3.05, 3.63) is 28.5 Å². The molecule has 1 aliphatic rings. The van der Waals surface area contributed by atoms with E-state index >= 15 is 0 Å². The SMILES string of the molecule is CCN1CCc2nc(NC(=O)C(NC)c3cnn(C)c3)sc2C1. The van der Waals surface area contributed by atoms with Crippen molar-refractivity contribution in [3.8, 4) is 0 Å². The number of carbonyl (C=O) groups is 1. The number of aryl methyl sites for hydroxylation is 1. The molecule has 1 aliphatic heterocycles. The first-order valence-corrected chi connectivity index (χ1v) is 8.60. The Kier molecular flexibility index (Phi) is 4.74. The lowest BCUT2D eigenvalue weighted by molar-refractivity contribution is -0.118. The molecule has 0 spiro atoms. The molecule has 0 fully saturated rings. The minimum Gasteiger partial charge on any atom is -0.305 e. The molecular weight excluding hydrogens is 312 g/mol. The Morgan fingerprint density at radius 3 is 3.00 bits per heavy atom. The van der Waals surface area contributed by atoms with Gasteiger partial charge in [-0.3, -0.25) is 14.4 Å². The largest absolute Gasteiger partial charge is 0.305 e. The molecule has 0 saturated carbocycles. The number of likely N-dealkylation sites (N-methyl/N-ethyl adjacent to an activating group) is 2. The number of fused-ring (bicyclic) bond motifs is 1. The summed E-state index contributed by atoms with van der Waals surface area (Å²) in [6.07, 6.45) is 4.49. The topological polar surface area (TPSA) is 75.1 Å². The molecule has 23 heavy (non-hydrogen) atoms. The van der Waals surface area contributed by atoms with Gasteiger partial charge in [-0.1, -0.05) is 6.92 Å². The quantitative estimate of drug-likeness (QED) is 0.858. The van der Waals surface area contributed by atoms with Crippen molar-refractivity contribution in [2.75, 3.05) is 25.5 Å². The lowest BCUT2D eigenvalue weighted by Crippen LogP contribution is -2.30. The molecule has 2 N–H and O–H groups in total. The van der Waals surface area contributed by atoms with Crippen molar-refractivity contribution in [2.24, 2.45) is 7.05 Å². The average molecular weight is 334 g/mol. The van der Waals surface area contributed by atoms with Crippen LogP contribution in [0.15, 0.2) is 12.4 Å². The van der Waals surface area contributed by atoms with Crippen LogP contribution < -0.4 is 10.6 Å². The number of carbonyl (C=O) groups excluding carboxylic acids is 1. The van der Waals surface area contributed by atoms with E-state index in [9.17, 15) is 4.79 Å². The summed E-state index contributed by atoms with van der Waals surface area (Å²) in [5.41, 5.74) is 1.96. The molecule has 7 nitrogen and oxygen atoms in total. The van der Waals surface area contributed by atoms with E-state index in [0.717, 1.165) is 37.3 Å². The number of rotatable bonds is 5. The van der Waals surface area contributed by atoms with Crippen LogP contribution in [0, 0.1) is 0 Å². The molecule has 2 aromatic rings. The number of nitrogens with one attached hydrogen (secondary N) is 2. The number of aromatic nitrogens is 3. The standard InChI is InChI=1S/C15H22N6OS/c1-4-21-6-5-11-12(9-21)23-15(18-11)19-14(22)13(16-2)10-7-17-20(3)8-10/h7-8,13,16H,4-6,9H2,1-3H3,(H,18,19,22). The van der Waals surface area contributed by atoms with E-state index < -0.39 is 6.04 Å². The Bertz CT molecular complexity index is 694. The van der Waals surface area contributed by atoms with Crippen LogP contribution in [0.5, 0.6) is 0 Å². The van der Waals surface area contributed by atoms with Gasteiger partial charge in [-0.05, 0) is 13.6 Å². The van der Waals surface area contributed by atoms with E-state index in [1.807, 2.05) is 13.2 Å². The van der Waals surface area contributed by atoms with Crippen molar-refractivity contribution >= 4 is 22.4 Å². The van der Waals surface area contributed by atoms with E-state index in [1.165, 1.54) is 4.88 Å². The molecule has 2 aromatic heterocycles. The van der Waals surface area contributed by atoms with Crippen molar-refractivity contribution in [1.29, 1.82) is 0 Å². The van der Waals surface area contributed by atoms with Gasteiger partial charge >= 0.3 is 0 Å². The summed E-state index contributed by atoms with van der Waals surface area (Å²) in [7, 11) is 3.60. The Labute approximate surface area is 139 Å². The number of anilines is 1. The zero-order valence-electron chi connectivity index (χ0n) is 13.7. The third kappa shape index (κ3) is 3.44. The van der Waals surface area contributed by atoms with Crippen LogP contribution in [-0.4, -0.2) is 45.7 Å². The van der Waals surface area contributed by atoms with E-state index in [2.05, 4.69) is 32.5 Å². The molecular formula is C15H22N6OS. The fourth-order valence-electron chi connectivity index (χ4n) is 2.79. The average Bonchev–Trinajstić information content (AvgIpc) is 3.13. The highest BCUT2D eigenvalue weighted by Crippen LogP contribution is 2.28. The van der Waals surface area contributed by atoms with Crippen molar-refractivity contribution in [1.82, 2.24) is 25.0 Å². The third-order valence-electron chi connectivity index (χ3n) is 4.10. The fourth-order valence-corrected chi connectivity index (χ4v) is 3.84. The first kappa shape index (κ1) is 16.1. The van der Waals surface area contributed by atoms with Crippen LogP contribution in [0.4, 0.5) is 5.13 Å². The summed E-state index contributed by atoms with van der Waals surface area (Å²) in [6.45, 7) is 5.18. The van der Waals surface area contributed by atoms with Crippen molar-refractivity contribution in [3.63, 3.8) is 0 Å². The molecule has 8 heteroatoms. The van der Waals surface area contributed by atoms with Crippen LogP contribution in [0.2, 0.25) is 0 Å². The van der Waals surface area contributed by atoms with Crippen LogP contribution in [0.25, 0.3) is 0 Å². The molecule has 1 atom stereocenters. The highest BCUT2D eigenvalue weighted by Gasteiger charge is 2.24. The zero-order chi connectivity index (χ0) is 16.4. The van der Waals surface area contributed by atoms with Crippen molar-refractivity contribution in [2.45, 2.75) is 25.9 Å². The number of hydrogen-bond acceptors (Lipinski definition) is 6. The van der Waals surface area contributed by atoms with Gasteiger partial charge in [0.25, 0.3) is 0 Å².